The van der Waals surface area contributed by atoms with Crippen LogP contribution in [-0.2, 0) is 0 Å². The Hall–Kier alpha value is -3.72. The van der Waals surface area contributed by atoms with E-state index in [-0.39, 0.29) is 11.6 Å². The van der Waals surface area contributed by atoms with E-state index in [0.717, 1.165) is 29.9 Å². The number of aryl methyl sites for hydroxylation is 1. The predicted molar refractivity (Wildman–Crippen MR) is 133 cm³/mol. The Kier molecular flexibility index (Phi) is 5.57. The molecule has 1 amide bonds. The quantitative estimate of drug-likeness (QED) is 0.429. The zero-order chi connectivity index (χ0) is 24.0. The minimum absolute atomic E-state index is 0.228. The van der Waals surface area contributed by atoms with Crippen molar-refractivity contribution >= 4 is 39.5 Å². The van der Waals surface area contributed by atoms with Gasteiger partial charge in [-0.2, -0.15) is 0 Å². The molecule has 0 unspecified atom stereocenters. The molecule has 0 saturated carbocycles. The van der Waals surface area contributed by atoms with Gasteiger partial charge < -0.3 is 25.3 Å². The third-order valence-electron chi connectivity index (χ3n) is 6.14. The number of rotatable bonds is 4. The summed E-state index contributed by atoms with van der Waals surface area (Å²) in [6.07, 6.45) is 5.09. The molecule has 2 atom stereocenters. The van der Waals surface area contributed by atoms with E-state index in [1.54, 1.807) is 36.0 Å². The van der Waals surface area contributed by atoms with Crippen LogP contribution in [0.5, 0.6) is 0 Å². The number of carbonyl (C=O) groups is 1. The lowest BCUT2D eigenvalue weighted by Gasteiger charge is -2.38. The number of nitrogens with zero attached hydrogens (tertiary/aromatic N) is 4. The Bertz CT molecular complexity index is 1390. The maximum absolute atomic E-state index is 14.5. The predicted octanol–water partition coefficient (Wildman–Crippen LogP) is 3.81. The lowest BCUT2D eigenvalue weighted by molar-refractivity contribution is 0.102. The molecule has 34 heavy (non-hydrogen) atoms. The highest BCUT2D eigenvalue weighted by atomic mass is 19.1. The van der Waals surface area contributed by atoms with E-state index < -0.39 is 5.82 Å². The zero-order valence-electron chi connectivity index (χ0n) is 19.7. The number of nitrogens with one attached hydrogen (secondary N) is 3. The SMILES string of the molecule is CNc1cnc2c(C(=O)Nc3cc(F)c4nc(C)cn4c3)ccc(N3C[C@@H](C)N[C@H](C)C3)c2c1. The molecule has 3 aromatic heterocycles. The van der Waals surface area contributed by atoms with Crippen molar-refractivity contribution in [3.05, 3.63) is 59.9 Å². The van der Waals surface area contributed by atoms with E-state index in [0.29, 0.717) is 34.5 Å². The molecule has 1 fully saturated rings. The maximum atomic E-state index is 14.5. The minimum atomic E-state index is -0.496. The number of halogens is 1. The average Bonchev–Trinajstić information content (AvgIpc) is 3.18. The molecular formula is C25H28FN7O. The van der Waals surface area contributed by atoms with E-state index in [1.807, 2.05) is 19.2 Å². The summed E-state index contributed by atoms with van der Waals surface area (Å²) < 4.78 is 16.1. The molecule has 9 heteroatoms. The Morgan fingerprint density at radius 2 is 1.91 bits per heavy atom. The number of imidazole rings is 1. The molecule has 0 radical (unpaired) electrons. The van der Waals surface area contributed by atoms with Gasteiger partial charge in [0.05, 0.1) is 34.3 Å². The first kappa shape index (κ1) is 22.1. The molecule has 4 aromatic rings. The van der Waals surface area contributed by atoms with Crippen molar-refractivity contribution in [1.82, 2.24) is 19.7 Å². The largest absolute Gasteiger partial charge is 0.387 e. The molecule has 3 N–H and O–H groups in total. The fourth-order valence-corrected chi connectivity index (χ4v) is 4.77. The van der Waals surface area contributed by atoms with Gasteiger partial charge in [-0.1, -0.05) is 0 Å². The Labute approximate surface area is 197 Å². The maximum Gasteiger partial charge on any atom is 0.257 e. The van der Waals surface area contributed by atoms with Crippen LogP contribution >= 0.6 is 0 Å². The van der Waals surface area contributed by atoms with Gasteiger partial charge in [-0.15, -0.1) is 0 Å². The van der Waals surface area contributed by atoms with Crippen LogP contribution in [0.2, 0.25) is 0 Å². The van der Waals surface area contributed by atoms with Crippen LogP contribution in [0.3, 0.4) is 0 Å². The van der Waals surface area contributed by atoms with Gasteiger partial charge in [-0.3, -0.25) is 9.78 Å². The normalized spacial score (nSPS) is 18.4. The summed E-state index contributed by atoms with van der Waals surface area (Å²) in [4.78, 5) is 24.4. The molecule has 176 valence electrons. The molecule has 0 bridgehead atoms. The zero-order valence-corrected chi connectivity index (χ0v) is 19.7. The van der Waals surface area contributed by atoms with E-state index in [9.17, 15) is 9.18 Å². The van der Waals surface area contributed by atoms with E-state index >= 15 is 0 Å². The fourth-order valence-electron chi connectivity index (χ4n) is 4.77. The average molecular weight is 462 g/mol. The number of fused-ring (bicyclic) bond motifs is 2. The molecular weight excluding hydrogens is 433 g/mol. The van der Waals surface area contributed by atoms with Gasteiger partial charge in [0.25, 0.3) is 5.91 Å². The highest BCUT2D eigenvalue weighted by Crippen LogP contribution is 2.32. The lowest BCUT2D eigenvalue weighted by Crippen LogP contribution is -2.54. The highest BCUT2D eigenvalue weighted by Gasteiger charge is 2.24. The number of anilines is 3. The van der Waals surface area contributed by atoms with Crippen LogP contribution in [0.4, 0.5) is 21.5 Å². The standard InChI is InChI=1S/C25H28FN7O/c1-14-10-32(11-15(2)29-14)22-6-5-19(23-20(22)7-17(27-4)9-28-23)25(34)31-18-8-21(26)24-30-16(3)12-33(24)13-18/h5-9,12-15,27,29H,10-11H2,1-4H3,(H,31,34)/t14-,15-/m1/s1. The third-order valence-corrected chi connectivity index (χ3v) is 6.14. The van der Waals surface area contributed by atoms with Gasteiger partial charge in [-0.05, 0) is 39.0 Å². The summed E-state index contributed by atoms with van der Waals surface area (Å²) in [7, 11) is 1.84. The smallest absolute Gasteiger partial charge is 0.257 e. The molecule has 1 saturated heterocycles. The summed E-state index contributed by atoms with van der Waals surface area (Å²) in [5.74, 6) is -0.844. The first-order chi connectivity index (χ1) is 16.3. The van der Waals surface area contributed by atoms with Gasteiger partial charge in [0.2, 0.25) is 0 Å². The highest BCUT2D eigenvalue weighted by molar-refractivity contribution is 6.14. The van der Waals surface area contributed by atoms with E-state index in [2.05, 4.69) is 44.7 Å². The molecule has 1 aromatic carbocycles. The Morgan fingerprint density at radius 1 is 1.15 bits per heavy atom. The monoisotopic (exact) mass is 461 g/mol. The summed E-state index contributed by atoms with van der Waals surface area (Å²) in [5, 5.41) is 10.4. The van der Waals surface area contributed by atoms with Gasteiger partial charge in [0.15, 0.2) is 11.5 Å². The second-order valence-corrected chi connectivity index (χ2v) is 9.02. The number of carbonyl (C=O) groups excluding carboxylic acids is 1. The summed E-state index contributed by atoms with van der Waals surface area (Å²) in [6.45, 7) is 7.85. The number of piperazine rings is 1. The summed E-state index contributed by atoms with van der Waals surface area (Å²) >= 11 is 0. The first-order valence-electron chi connectivity index (χ1n) is 11.4. The van der Waals surface area contributed by atoms with Crippen molar-refractivity contribution in [2.45, 2.75) is 32.9 Å². The van der Waals surface area contributed by atoms with Crippen molar-refractivity contribution < 1.29 is 9.18 Å². The Morgan fingerprint density at radius 3 is 2.65 bits per heavy atom. The summed E-state index contributed by atoms with van der Waals surface area (Å²) in [5.41, 5.74) is 4.22. The van der Waals surface area contributed by atoms with E-state index in [4.69, 9.17) is 0 Å². The van der Waals surface area contributed by atoms with Crippen LogP contribution in [-0.4, -0.2) is 52.5 Å². The molecule has 0 aliphatic carbocycles. The number of hydrogen-bond acceptors (Lipinski definition) is 6. The number of hydrogen-bond donors (Lipinski definition) is 3. The molecule has 8 nitrogen and oxygen atoms in total. The first-order valence-corrected chi connectivity index (χ1v) is 11.4. The van der Waals surface area contributed by atoms with Gasteiger partial charge in [0.1, 0.15) is 0 Å². The summed E-state index contributed by atoms with van der Waals surface area (Å²) in [6, 6.07) is 7.77. The molecule has 1 aliphatic heterocycles. The van der Waals surface area contributed by atoms with Crippen molar-refractivity contribution in [2.75, 3.05) is 35.7 Å². The topological polar surface area (TPSA) is 86.6 Å². The van der Waals surface area contributed by atoms with Crippen molar-refractivity contribution in [3.63, 3.8) is 0 Å². The fraction of sp³-hybridized carbons (Fsp3) is 0.320. The molecule has 5 rings (SSSR count). The number of amides is 1. The van der Waals surface area contributed by atoms with Crippen molar-refractivity contribution in [3.8, 4) is 0 Å². The van der Waals surface area contributed by atoms with Crippen molar-refractivity contribution in [1.29, 1.82) is 0 Å². The van der Waals surface area contributed by atoms with Gasteiger partial charge in [0, 0.05) is 61.8 Å². The molecule has 1 aliphatic rings. The van der Waals surface area contributed by atoms with E-state index in [1.165, 1.54) is 6.07 Å². The van der Waals surface area contributed by atoms with Crippen LogP contribution in [0, 0.1) is 12.7 Å². The number of pyridine rings is 2. The van der Waals surface area contributed by atoms with Gasteiger partial charge in [-0.25, -0.2) is 9.37 Å². The molecule has 4 heterocycles. The van der Waals surface area contributed by atoms with Crippen LogP contribution in [0.25, 0.3) is 16.6 Å². The van der Waals surface area contributed by atoms with Crippen LogP contribution in [0.15, 0.2) is 42.9 Å². The van der Waals surface area contributed by atoms with Gasteiger partial charge >= 0.3 is 0 Å². The molecule has 0 spiro atoms. The third kappa shape index (κ3) is 4.03. The van der Waals surface area contributed by atoms with Crippen LogP contribution in [0.1, 0.15) is 29.9 Å². The second kappa shape index (κ2) is 8.57. The number of aromatic nitrogens is 3. The van der Waals surface area contributed by atoms with Crippen molar-refractivity contribution in [2.24, 2.45) is 0 Å². The van der Waals surface area contributed by atoms with Crippen LogP contribution < -0.4 is 20.9 Å². The Balaban J connectivity index is 1.54. The number of benzene rings is 1. The lowest BCUT2D eigenvalue weighted by atomic mass is 10.0. The minimum Gasteiger partial charge on any atom is -0.387 e. The second-order valence-electron chi connectivity index (χ2n) is 9.02.